The summed E-state index contributed by atoms with van der Waals surface area (Å²) < 4.78 is 2.07. The van der Waals surface area contributed by atoms with Gasteiger partial charge in [0.05, 0.1) is 11.2 Å². The Morgan fingerprint density at radius 1 is 1.17 bits per heavy atom. The summed E-state index contributed by atoms with van der Waals surface area (Å²) in [5.41, 5.74) is 3.37. The smallest absolute Gasteiger partial charge is 0.328 e. The van der Waals surface area contributed by atoms with Gasteiger partial charge >= 0.3 is 6.03 Å². The molecule has 3 amide bonds. The Bertz CT molecular complexity index is 805. The molecule has 1 aromatic carbocycles. The van der Waals surface area contributed by atoms with Gasteiger partial charge in [-0.1, -0.05) is 12.1 Å². The second-order valence-corrected chi connectivity index (χ2v) is 6.68. The molecule has 6 heteroatoms. The van der Waals surface area contributed by atoms with Crippen molar-refractivity contribution < 1.29 is 9.59 Å². The van der Waals surface area contributed by atoms with Crippen molar-refractivity contribution in [3.63, 3.8) is 0 Å². The standard InChI is InChI=1S/C18H22N4O2/c1-21-11-16(22-9-6-17(23)20-18(22)24)14-3-2-13(10-15(14)21)12-4-7-19-8-5-12/h2-3,10-12,19H,4-9H2,1H3,(H,20,23,24). The topological polar surface area (TPSA) is 66.4 Å². The normalized spacial score (nSPS) is 19.8. The first kappa shape index (κ1) is 15.2. The Kier molecular flexibility index (Phi) is 3.76. The van der Waals surface area contributed by atoms with Crippen LogP contribution in [-0.4, -0.2) is 36.1 Å². The van der Waals surface area contributed by atoms with Crippen LogP contribution in [0.25, 0.3) is 10.9 Å². The maximum atomic E-state index is 12.2. The van der Waals surface area contributed by atoms with Crippen molar-refractivity contribution in [3.8, 4) is 0 Å². The fourth-order valence-electron chi connectivity index (χ4n) is 3.80. The van der Waals surface area contributed by atoms with Gasteiger partial charge in [-0.25, -0.2) is 4.79 Å². The minimum Gasteiger partial charge on any atom is -0.348 e. The lowest BCUT2D eigenvalue weighted by atomic mass is 9.90. The number of aryl methyl sites for hydroxylation is 1. The fourth-order valence-corrected chi connectivity index (χ4v) is 3.80. The number of aromatic nitrogens is 1. The maximum absolute atomic E-state index is 12.2. The largest absolute Gasteiger partial charge is 0.348 e. The second-order valence-electron chi connectivity index (χ2n) is 6.68. The highest BCUT2D eigenvalue weighted by Gasteiger charge is 2.27. The van der Waals surface area contributed by atoms with Gasteiger partial charge in [0.25, 0.3) is 0 Å². The van der Waals surface area contributed by atoms with Crippen LogP contribution in [-0.2, 0) is 11.8 Å². The van der Waals surface area contributed by atoms with Crippen LogP contribution in [0.4, 0.5) is 10.5 Å². The summed E-state index contributed by atoms with van der Waals surface area (Å²) in [6.45, 7) is 2.58. The number of imide groups is 1. The average Bonchev–Trinajstić information content (AvgIpc) is 2.92. The van der Waals surface area contributed by atoms with E-state index in [2.05, 4.69) is 33.4 Å². The van der Waals surface area contributed by atoms with Gasteiger partial charge in [-0.2, -0.15) is 0 Å². The van der Waals surface area contributed by atoms with Crippen molar-refractivity contribution in [2.45, 2.75) is 25.2 Å². The Morgan fingerprint density at radius 3 is 2.71 bits per heavy atom. The number of rotatable bonds is 2. The van der Waals surface area contributed by atoms with Gasteiger partial charge < -0.3 is 9.88 Å². The lowest BCUT2D eigenvalue weighted by Crippen LogP contribution is -2.49. The van der Waals surface area contributed by atoms with E-state index >= 15 is 0 Å². The number of anilines is 1. The molecule has 0 bridgehead atoms. The number of piperidine rings is 1. The van der Waals surface area contributed by atoms with E-state index in [9.17, 15) is 9.59 Å². The van der Waals surface area contributed by atoms with E-state index < -0.39 is 0 Å². The van der Waals surface area contributed by atoms with Gasteiger partial charge in [0.15, 0.2) is 0 Å². The van der Waals surface area contributed by atoms with Crippen LogP contribution in [0.2, 0.25) is 0 Å². The number of benzene rings is 1. The van der Waals surface area contributed by atoms with E-state index in [0.29, 0.717) is 18.9 Å². The van der Waals surface area contributed by atoms with Gasteiger partial charge in [0, 0.05) is 31.6 Å². The number of urea groups is 1. The zero-order valence-electron chi connectivity index (χ0n) is 13.8. The van der Waals surface area contributed by atoms with E-state index in [1.165, 1.54) is 18.4 Å². The van der Waals surface area contributed by atoms with Gasteiger partial charge in [0.1, 0.15) is 0 Å². The molecule has 2 aromatic rings. The van der Waals surface area contributed by atoms with Crippen LogP contribution < -0.4 is 15.5 Å². The third-order valence-electron chi connectivity index (χ3n) is 5.15. The highest BCUT2D eigenvalue weighted by Crippen LogP contribution is 2.34. The van der Waals surface area contributed by atoms with Crippen LogP contribution in [0.5, 0.6) is 0 Å². The Hall–Kier alpha value is -2.34. The van der Waals surface area contributed by atoms with Crippen LogP contribution >= 0.6 is 0 Å². The summed E-state index contributed by atoms with van der Waals surface area (Å²) in [6.07, 6.45) is 4.65. The summed E-state index contributed by atoms with van der Waals surface area (Å²) >= 11 is 0. The quantitative estimate of drug-likeness (QED) is 0.888. The highest BCUT2D eigenvalue weighted by atomic mass is 16.2. The molecule has 24 heavy (non-hydrogen) atoms. The first-order valence-electron chi connectivity index (χ1n) is 8.54. The van der Waals surface area contributed by atoms with Crippen molar-refractivity contribution >= 4 is 28.5 Å². The van der Waals surface area contributed by atoms with Gasteiger partial charge in [0.2, 0.25) is 5.91 Å². The number of nitrogens with zero attached hydrogens (tertiary/aromatic N) is 2. The molecule has 0 atom stereocenters. The average molecular weight is 326 g/mol. The summed E-state index contributed by atoms with van der Waals surface area (Å²) in [7, 11) is 2.01. The summed E-state index contributed by atoms with van der Waals surface area (Å²) in [6, 6.07) is 6.23. The van der Waals surface area contributed by atoms with E-state index in [-0.39, 0.29) is 11.9 Å². The molecule has 6 nitrogen and oxygen atoms in total. The third kappa shape index (κ3) is 2.57. The Morgan fingerprint density at radius 2 is 1.96 bits per heavy atom. The summed E-state index contributed by atoms with van der Waals surface area (Å²) in [5, 5.41) is 6.86. The van der Waals surface area contributed by atoms with E-state index in [1.807, 2.05) is 13.2 Å². The lowest BCUT2D eigenvalue weighted by molar-refractivity contribution is -0.120. The molecule has 3 heterocycles. The van der Waals surface area contributed by atoms with E-state index in [0.717, 1.165) is 29.7 Å². The molecule has 2 saturated heterocycles. The lowest BCUT2D eigenvalue weighted by Gasteiger charge is -2.26. The summed E-state index contributed by atoms with van der Waals surface area (Å²) in [5.74, 6) is 0.398. The molecule has 4 rings (SSSR count). The first-order chi connectivity index (χ1) is 11.6. The maximum Gasteiger partial charge on any atom is 0.328 e. The molecule has 0 radical (unpaired) electrons. The first-order valence-corrected chi connectivity index (χ1v) is 8.54. The molecule has 2 aliphatic rings. The van der Waals surface area contributed by atoms with Crippen molar-refractivity contribution in [1.82, 2.24) is 15.2 Å². The molecule has 0 aliphatic carbocycles. The molecule has 1 aromatic heterocycles. The van der Waals surface area contributed by atoms with E-state index in [1.54, 1.807) is 4.90 Å². The SMILES string of the molecule is Cn1cc(N2CCC(=O)NC2=O)c2ccc(C3CCNCC3)cc21. The Balaban J connectivity index is 1.71. The number of carbonyl (C=O) groups excluding carboxylic acids is 2. The summed E-state index contributed by atoms with van der Waals surface area (Å²) in [4.78, 5) is 25.2. The van der Waals surface area contributed by atoms with Crippen LogP contribution in [0.15, 0.2) is 24.4 Å². The van der Waals surface area contributed by atoms with Gasteiger partial charge in [-0.3, -0.25) is 15.0 Å². The highest BCUT2D eigenvalue weighted by molar-refractivity contribution is 6.10. The number of hydrogen-bond acceptors (Lipinski definition) is 3. The zero-order valence-corrected chi connectivity index (χ0v) is 13.8. The molecule has 126 valence electrons. The van der Waals surface area contributed by atoms with Crippen LogP contribution in [0.1, 0.15) is 30.7 Å². The Labute approximate surface area is 140 Å². The monoisotopic (exact) mass is 326 g/mol. The van der Waals surface area contributed by atoms with Crippen molar-refractivity contribution in [2.24, 2.45) is 7.05 Å². The van der Waals surface area contributed by atoms with Gasteiger partial charge in [-0.05, 0) is 43.5 Å². The van der Waals surface area contributed by atoms with Gasteiger partial charge in [-0.15, -0.1) is 0 Å². The molecule has 2 N–H and O–H groups in total. The predicted molar refractivity (Wildman–Crippen MR) is 93.3 cm³/mol. The van der Waals surface area contributed by atoms with Crippen LogP contribution in [0.3, 0.4) is 0 Å². The fraction of sp³-hybridized carbons (Fsp3) is 0.444. The van der Waals surface area contributed by atoms with Crippen LogP contribution in [0, 0.1) is 0 Å². The van der Waals surface area contributed by atoms with Crippen molar-refractivity contribution in [2.75, 3.05) is 24.5 Å². The number of hydrogen-bond donors (Lipinski definition) is 2. The molecular formula is C18H22N4O2. The molecule has 2 fully saturated rings. The predicted octanol–water partition coefficient (Wildman–Crippen LogP) is 2.09. The van der Waals surface area contributed by atoms with Crippen molar-refractivity contribution in [3.05, 3.63) is 30.0 Å². The number of fused-ring (bicyclic) bond motifs is 1. The number of nitrogens with one attached hydrogen (secondary N) is 2. The number of carbonyl (C=O) groups is 2. The minimum absolute atomic E-state index is 0.204. The molecule has 0 saturated carbocycles. The van der Waals surface area contributed by atoms with Crippen molar-refractivity contribution in [1.29, 1.82) is 0 Å². The minimum atomic E-state index is -0.332. The van der Waals surface area contributed by atoms with E-state index in [4.69, 9.17) is 0 Å². The third-order valence-corrected chi connectivity index (χ3v) is 5.15. The molecule has 0 spiro atoms. The molecule has 0 unspecified atom stereocenters. The molecular weight excluding hydrogens is 304 g/mol. The number of amides is 3. The second kappa shape index (κ2) is 5.94. The molecule has 2 aliphatic heterocycles. The zero-order chi connectivity index (χ0) is 16.7.